The summed E-state index contributed by atoms with van der Waals surface area (Å²) in [6.45, 7) is 9.86. The molecular weight excluding hydrogens is 277 g/mol. The molecule has 1 aromatic carbocycles. The number of unbranched alkanes of at least 4 members (excludes halogenated alkanes) is 11. The van der Waals surface area contributed by atoms with Gasteiger partial charge in [-0.15, -0.1) is 12.1 Å². The molecule has 0 aliphatic carbocycles. The first-order valence-electron chi connectivity index (χ1n) is 8.97. The number of rotatable bonds is 11. The molecule has 0 N–H and O–H groups in total. The second-order valence-corrected chi connectivity index (χ2v) is 5.87. The first-order chi connectivity index (χ1) is 10.3. The summed E-state index contributed by atoms with van der Waals surface area (Å²) in [6, 6.07) is 9.87. The summed E-state index contributed by atoms with van der Waals surface area (Å²) in [7, 11) is 0. The van der Waals surface area contributed by atoms with E-state index in [4.69, 9.17) is 0 Å². The third-order valence-electron chi connectivity index (χ3n) is 3.70. The Balaban J connectivity index is 0. The van der Waals surface area contributed by atoms with Crippen LogP contribution >= 0.6 is 0 Å². The molecule has 122 valence electrons. The first kappa shape index (κ1) is 24.1. The molecule has 0 nitrogen and oxygen atoms in total. The van der Waals surface area contributed by atoms with Gasteiger partial charge in [0.15, 0.2) is 0 Å². The third-order valence-corrected chi connectivity index (χ3v) is 3.70. The van der Waals surface area contributed by atoms with Crippen LogP contribution in [0, 0.1) is 13.8 Å². The summed E-state index contributed by atoms with van der Waals surface area (Å²) in [5.41, 5.74) is 1.07. The first-order valence-corrected chi connectivity index (χ1v) is 8.97. The zero-order valence-corrected chi connectivity index (χ0v) is 16.4. The molecule has 0 spiro atoms. The van der Waals surface area contributed by atoms with Gasteiger partial charge in [0.2, 0.25) is 0 Å². The zero-order chi connectivity index (χ0) is 15.6. The van der Waals surface area contributed by atoms with Gasteiger partial charge in [-0.3, -0.25) is 0 Å². The second-order valence-electron chi connectivity index (χ2n) is 5.87. The molecule has 1 heteroatoms. The van der Waals surface area contributed by atoms with Gasteiger partial charge in [-0.1, -0.05) is 83.6 Å². The molecule has 1 aromatic rings. The van der Waals surface area contributed by atoms with Crippen molar-refractivity contribution in [3.8, 4) is 0 Å². The molecule has 0 unspecified atom stereocenters. The number of hydrogen-bond donors (Lipinski definition) is 0. The molecule has 1 rings (SSSR count). The van der Waals surface area contributed by atoms with Crippen molar-refractivity contribution in [1.82, 2.24) is 0 Å². The van der Waals surface area contributed by atoms with Crippen molar-refractivity contribution in [3.05, 3.63) is 49.7 Å². The fraction of sp³-hybridized carbons (Fsp3) is 0.619. The Morgan fingerprint density at radius 3 is 1.41 bits per heavy atom. The molecule has 22 heavy (non-hydrogen) atoms. The van der Waals surface area contributed by atoms with Crippen LogP contribution in [-0.2, 0) is 0 Å². The van der Waals surface area contributed by atoms with Crippen molar-refractivity contribution in [2.24, 2.45) is 0 Å². The van der Waals surface area contributed by atoms with Crippen LogP contribution in [0.25, 0.3) is 0 Å². The number of hydrogen-bond acceptors (Lipinski definition) is 0. The van der Waals surface area contributed by atoms with Crippen LogP contribution in [0.4, 0.5) is 0 Å². The van der Waals surface area contributed by atoms with Crippen LogP contribution in [-0.4, -0.2) is 23.1 Å². The predicted octanol–water partition coefficient (Wildman–Crippen LogP) is 7.01. The van der Waals surface area contributed by atoms with Crippen LogP contribution in [0.5, 0.6) is 0 Å². The normalized spacial score (nSPS) is 9.55. The minimum atomic E-state index is 0. The van der Waals surface area contributed by atoms with Gasteiger partial charge in [0, 0.05) is 0 Å². The van der Waals surface area contributed by atoms with E-state index in [1.807, 2.05) is 30.3 Å². The van der Waals surface area contributed by atoms with Crippen LogP contribution in [0.1, 0.15) is 89.5 Å². The average Bonchev–Trinajstić information content (AvgIpc) is 2.51. The van der Waals surface area contributed by atoms with Gasteiger partial charge < -0.3 is 6.92 Å². The minimum absolute atomic E-state index is 0. The minimum Gasteiger partial charge on any atom is -0.343 e. The smallest absolute Gasteiger partial charge is 0.343 e. The van der Waals surface area contributed by atoms with Crippen LogP contribution in [0.3, 0.4) is 0 Å². The predicted molar refractivity (Wildman–Crippen MR) is 103 cm³/mol. The van der Waals surface area contributed by atoms with E-state index in [1.54, 1.807) is 0 Å². The molecule has 0 saturated carbocycles. The summed E-state index contributed by atoms with van der Waals surface area (Å²) >= 11 is 0. The van der Waals surface area contributed by atoms with Crippen molar-refractivity contribution in [1.29, 1.82) is 0 Å². The zero-order valence-electron chi connectivity index (χ0n) is 15.0. The van der Waals surface area contributed by atoms with E-state index in [0.29, 0.717) is 0 Å². The molecule has 0 amide bonds. The summed E-state index contributed by atoms with van der Waals surface area (Å²) in [6.07, 6.45) is 16.9. The van der Waals surface area contributed by atoms with Crippen molar-refractivity contribution < 1.29 is 0 Å². The molecular formula is C21H36Mg. The van der Waals surface area contributed by atoms with E-state index < -0.39 is 0 Å². The van der Waals surface area contributed by atoms with Gasteiger partial charge in [-0.2, -0.15) is 31.0 Å². The molecule has 0 heterocycles. The Kier molecular flexibility index (Phi) is 22.9. The van der Waals surface area contributed by atoms with E-state index in [9.17, 15) is 0 Å². The van der Waals surface area contributed by atoms with Gasteiger partial charge in [-0.05, 0) is 0 Å². The van der Waals surface area contributed by atoms with Gasteiger partial charge in [0.1, 0.15) is 0 Å². The topological polar surface area (TPSA) is 0 Å². The van der Waals surface area contributed by atoms with Crippen LogP contribution in [0.15, 0.2) is 30.3 Å². The Morgan fingerprint density at radius 2 is 1.09 bits per heavy atom. The van der Waals surface area contributed by atoms with Crippen molar-refractivity contribution >= 4 is 23.1 Å². The van der Waals surface area contributed by atoms with E-state index in [2.05, 4.69) is 20.8 Å². The molecule has 0 atom stereocenters. The van der Waals surface area contributed by atoms with Gasteiger partial charge in [0.25, 0.3) is 0 Å². The molecule has 0 aliphatic heterocycles. The molecule has 0 aromatic heterocycles. The maximum Gasteiger partial charge on any atom is 2.00 e. The monoisotopic (exact) mass is 312 g/mol. The molecule has 0 fully saturated rings. The van der Waals surface area contributed by atoms with Crippen molar-refractivity contribution in [2.75, 3.05) is 0 Å². The maximum atomic E-state index is 3.86. The van der Waals surface area contributed by atoms with Crippen molar-refractivity contribution in [3.63, 3.8) is 0 Å². The van der Waals surface area contributed by atoms with Gasteiger partial charge in [-0.25, -0.2) is 0 Å². The van der Waals surface area contributed by atoms with E-state index in [1.165, 1.54) is 70.6 Å². The summed E-state index contributed by atoms with van der Waals surface area (Å²) in [5.74, 6) is 0. The summed E-state index contributed by atoms with van der Waals surface area (Å²) in [5, 5.41) is 0. The van der Waals surface area contributed by atoms with Gasteiger partial charge >= 0.3 is 23.1 Å². The third kappa shape index (κ3) is 19.9. The summed E-state index contributed by atoms with van der Waals surface area (Å²) < 4.78 is 0. The Bertz CT molecular complexity index is 269. The molecule has 0 radical (unpaired) electrons. The van der Waals surface area contributed by atoms with Gasteiger partial charge in [0.05, 0.1) is 0 Å². The standard InChI is InChI=1S/C14H29.C7H7.Mg/c1-3-5-7-9-11-13-14-12-10-8-6-4-2;1-7-5-3-2-4-6-7;/h1,3-14H2,2H3;2-6H,1H2;/q2*-1;+2. The van der Waals surface area contributed by atoms with Crippen LogP contribution in [0.2, 0.25) is 0 Å². The van der Waals surface area contributed by atoms with Crippen molar-refractivity contribution in [2.45, 2.75) is 84.0 Å². The Hall–Kier alpha value is -0.144. The van der Waals surface area contributed by atoms with E-state index in [-0.39, 0.29) is 23.1 Å². The Morgan fingerprint density at radius 1 is 0.682 bits per heavy atom. The maximum absolute atomic E-state index is 3.86. The van der Waals surface area contributed by atoms with E-state index in [0.717, 1.165) is 12.0 Å². The number of benzene rings is 1. The second kappa shape index (κ2) is 20.9. The quantitative estimate of drug-likeness (QED) is 0.234. The largest absolute Gasteiger partial charge is 2.00 e. The molecule has 0 bridgehead atoms. The Labute approximate surface area is 156 Å². The van der Waals surface area contributed by atoms with E-state index >= 15 is 0 Å². The average molecular weight is 313 g/mol. The van der Waals surface area contributed by atoms with Crippen LogP contribution < -0.4 is 0 Å². The molecule has 0 saturated heterocycles. The SMILES string of the molecule is [CH2-]CCCCCCCCCCCCC.[CH2-]c1ccccc1.[Mg+2]. The summed E-state index contributed by atoms with van der Waals surface area (Å²) in [4.78, 5) is 0. The fourth-order valence-corrected chi connectivity index (χ4v) is 2.32. The fourth-order valence-electron chi connectivity index (χ4n) is 2.32. The molecule has 0 aliphatic rings.